The Morgan fingerprint density at radius 3 is 2.56 bits per heavy atom. The number of hydrogen-bond donors (Lipinski definition) is 4. The number of aromatic amines is 1. The fourth-order valence-corrected chi connectivity index (χ4v) is 4.58. The van der Waals surface area contributed by atoms with Crippen LogP contribution in [0.1, 0.15) is 33.4 Å². The molecule has 0 saturated heterocycles. The number of nitrogens with two attached hydrogens (primary N) is 1. The Bertz CT molecular complexity index is 1680. The van der Waals surface area contributed by atoms with Crippen molar-refractivity contribution in [1.82, 2.24) is 20.3 Å². The van der Waals surface area contributed by atoms with E-state index in [9.17, 15) is 23.5 Å². The number of pyridine rings is 2. The lowest BCUT2D eigenvalue weighted by molar-refractivity contribution is -0.121. The van der Waals surface area contributed by atoms with Gasteiger partial charge >= 0.3 is 0 Å². The monoisotopic (exact) mass is 527 g/mol. The van der Waals surface area contributed by atoms with Gasteiger partial charge in [-0.15, -0.1) is 0 Å². The fraction of sp³-hybridized carbons (Fsp3) is 0.103. The number of phenols is 1. The molecule has 39 heavy (non-hydrogen) atoms. The Morgan fingerprint density at radius 1 is 1.00 bits per heavy atom. The Balaban J connectivity index is 1.52. The molecule has 5 rings (SSSR count). The Labute approximate surface area is 221 Å². The van der Waals surface area contributed by atoms with E-state index < -0.39 is 23.6 Å². The van der Waals surface area contributed by atoms with Gasteiger partial charge in [-0.25, -0.2) is 8.78 Å². The van der Waals surface area contributed by atoms with Crippen LogP contribution < -0.4 is 11.1 Å². The molecule has 0 bridgehead atoms. The molecule has 2 amide bonds. The predicted molar refractivity (Wildman–Crippen MR) is 141 cm³/mol. The van der Waals surface area contributed by atoms with Gasteiger partial charge in [-0.3, -0.25) is 19.6 Å². The van der Waals surface area contributed by atoms with Crippen LogP contribution in [0.3, 0.4) is 0 Å². The average molecular weight is 528 g/mol. The molecule has 0 aliphatic heterocycles. The number of H-pyrrole nitrogens is 1. The van der Waals surface area contributed by atoms with Crippen LogP contribution in [-0.4, -0.2) is 31.9 Å². The number of hydrogen-bond acceptors (Lipinski definition) is 5. The second-order valence-corrected chi connectivity index (χ2v) is 9.05. The van der Waals surface area contributed by atoms with Crippen molar-refractivity contribution >= 4 is 22.7 Å². The number of carbonyl (C=O) groups excluding carboxylic acids is 2. The molecule has 2 aromatic carbocycles. The van der Waals surface area contributed by atoms with Crippen LogP contribution in [0.2, 0.25) is 0 Å². The first-order chi connectivity index (χ1) is 18.8. The van der Waals surface area contributed by atoms with Crippen molar-refractivity contribution in [1.29, 1.82) is 0 Å². The first-order valence-corrected chi connectivity index (χ1v) is 12.0. The number of carbonyl (C=O) groups is 2. The highest BCUT2D eigenvalue weighted by atomic mass is 19.1. The van der Waals surface area contributed by atoms with Gasteiger partial charge in [0.1, 0.15) is 23.1 Å². The second-order valence-electron chi connectivity index (χ2n) is 9.05. The van der Waals surface area contributed by atoms with Crippen LogP contribution in [0.25, 0.3) is 22.0 Å². The first-order valence-electron chi connectivity index (χ1n) is 12.0. The minimum atomic E-state index is -0.793. The molecule has 10 heteroatoms. The molecular formula is C29H23F2N5O3. The van der Waals surface area contributed by atoms with Gasteiger partial charge in [0.25, 0.3) is 5.91 Å². The van der Waals surface area contributed by atoms with Crippen LogP contribution in [0.15, 0.2) is 79.3 Å². The first kappa shape index (κ1) is 25.5. The number of phenolic OH excluding ortho intramolecular Hbond substituents is 1. The fourth-order valence-electron chi connectivity index (χ4n) is 4.58. The summed E-state index contributed by atoms with van der Waals surface area (Å²) in [5, 5.41) is 13.5. The minimum Gasteiger partial charge on any atom is -0.508 e. The molecule has 0 radical (unpaired) electrons. The summed E-state index contributed by atoms with van der Waals surface area (Å²) in [6, 6.07) is 13.8. The molecule has 1 unspecified atom stereocenters. The maximum absolute atomic E-state index is 14.0. The third-order valence-electron chi connectivity index (χ3n) is 6.29. The molecule has 0 fully saturated rings. The van der Waals surface area contributed by atoms with Crippen molar-refractivity contribution in [2.75, 3.05) is 0 Å². The van der Waals surface area contributed by atoms with E-state index in [1.165, 1.54) is 24.4 Å². The van der Waals surface area contributed by atoms with E-state index in [-0.39, 0.29) is 30.2 Å². The predicted octanol–water partition coefficient (Wildman–Crippen LogP) is 4.35. The van der Waals surface area contributed by atoms with E-state index >= 15 is 0 Å². The quantitative estimate of drug-likeness (QED) is 0.238. The van der Waals surface area contributed by atoms with E-state index in [1.54, 1.807) is 48.8 Å². The van der Waals surface area contributed by atoms with Crippen LogP contribution in [0, 0.1) is 11.6 Å². The lowest BCUT2D eigenvalue weighted by Crippen LogP contribution is -2.32. The number of nitrogens with zero attached hydrogens (tertiary/aromatic N) is 2. The number of fused-ring (bicyclic) bond motifs is 1. The average Bonchev–Trinajstić information content (AvgIpc) is 3.29. The van der Waals surface area contributed by atoms with Gasteiger partial charge in [-0.2, -0.15) is 0 Å². The van der Waals surface area contributed by atoms with Gasteiger partial charge in [-0.1, -0.05) is 6.07 Å². The van der Waals surface area contributed by atoms with Crippen LogP contribution in [0.4, 0.5) is 8.78 Å². The number of primary amides is 1. The lowest BCUT2D eigenvalue weighted by Gasteiger charge is -2.22. The number of benzene rings is 2. The third-order valence-corrected chi connectivity index (χ3v) is 6.29. The van der Waals surface area contributed by atoms with Crippen molar-refractivity contribution in [3.63, 3.8) is 0 Å². The van der Waals surface area contributed by atoms with Gasteiger partial charge in [0, 0.05) is 41.1 Å². The summed E-state index contributed by atoms with van der Waals surface area (Å²) in [7, 11) is 0. The number of aromatic nitrogens is 3. The van der Waals surface area contributed by atoms with Gasteiger partial charge in [0.2, 0.25) is 5.91 Å². The van der Waals surface area contributed by atoms with Gasteiger partial charge in [-0.05, 0) is 71.6 Å². The molecular weight excluding hydrogens is 504 g/mol. The van der Waals surface area contributed by atoms with Crippen molar-refractivity contribution < 1.29 is 23.5 Å². The normalized spacial score (nSPS) is 11.8. The second kappa shape index (κ2) is 10.7. The Kier molecular flexibility index (Phi) is 7.00. The van der Waals surface area contributed by atoms with Crippen molar-refractivity contribution in [3.8, 4) is 16.9 Å². The third kappa shape index (κ3) is 5.74. The maximum Gasteiger partial charge on any atom is 0.267 e. The molecule has 0 spiro atoms. The molecule has 5 N–H and O–H groups in total. The van der Waals surface area contributed by atoms with Crippen LogP contribution in [0.5, 0.6) is 5.75 Å². The summed E-state index contributed by atoms with van der Waals surface area (Å²) in [5.74, 6) is -2.48. The van der Waals surface area contributed by atoms with E-state index in [0.717, 1.165) is 11.6 Å². The van der Waals surface area contributed by atoms with Crippen molar-refractivity contribution in [3.05, 3.63) is 113 Å². The zero-order valence-corrected chi connectivity index (χ0v) is 20.5. The van der Waals surface area contributed by atoms with Crippen LogP contribution >= 0.6 is 0 Å². The highest BCUT2D eigenvalue weighted by Crippen LogP contribution is 2.30. The largest absolute Gasteiger partial charge is 0.508 e. The van der Waals surface area contributed by atoms with Crippen LogP contribution in [-0.2, 0) is 17.6 Å². The summed E-state index contributed by atoms with van der Waals surface area (Å²) in [6.45, 7) is 0. The molecule has 0 aliphatic rings. The maximum atomic E-state index is 14.0. The zero-order valence-electron chi connectivity index (χ0n) is 20.5. The highest BCUT2D eigenvalue weighted by molar-refractivity contribution is 5.92. The number of nitrogens with one attached hydrogen (secondary N) is 2. The van der Waals surface area contributed by atoms with E-state index in [0.29, 0.717) is 33.3 Å². The molecule has 0 aliphatic carbocycles. The molecule has 5 aromatic rings. The molecule has 8 nitrogen and oxygen atoms in total. The number of aromatic hydroxyl groups is 1. The highest BCUT2D eigenvalue weighted by Gasteiger charge is 2.23. The van der Waals surface area contributed by atoms with E-state index in [4.69, 9.17) is 5.73 Å². The van der Waals surface area contributed by atoms with Crippen molar-refractivity contribution in [2.45, 2.75) is 18.9 Å². The van der Waals surface area contributed by atoms with Gasteiger partial charge < -0.3 is 21.1 Å². The van der Waals surface area contributed by atoms with Crippen molar-refractivity contribution in [2.24, 2.45) is 5.73 Å². The molecule has 196 valence electrons. The molecule has 0 saturated carbocycles. The molecule has 3 heterocycles. The number of halogens is 2. The summed E-state index contributed by atoms with van der Waals surface area (Å²) in [5.41, 5.74) is 8.79. The Hall–Kier alpha value is -5.12. The summed E-state index contributed by atoms with van der Waals surface area (Å²) in [4.78, 5) is 36.6. The summed E-state index contributed by atoms with van der Waals surface area (Å²) in [6.07, 6.45) is 4.68. The topological polar surface area (TPSA) is 134 Å². The zero-order chi connectivity index (χ0) is 27.5. The van der Waals surface area contributed by atoms with Gasteiger partial charge in [0.05, 0.1) is 18.2 Å². The lowest BCUT2D eigenvalue weighted by atomic mass is 9.95. The minimum absolute atomic E-state index is 0.0271. The summed E-state index contributed by atoms with van der Waals surface area (Å²) < 4.78 is 28.0. The smallest absolute Gasteiger partial charge is 0.267 e. The molecule has 1 atom stereocenters. The standard InChI is InChI=1S/C29H23F2N5O3/c30-19-8-16(9-20(31)13-19)10-25(36-27(38)12-18-15-35-24-4-3-21(37)14-23(18)24)28-22(2-1-6-34-28)17-5-7-33-26(11-17)29(32)39/h1-9,11,13-15,25,35,37H,10,12H2,(H2,32,39)(H,36,38). The summed E-state index contributed by atoms with van der Waals surface area (Å²) >= 11 is 0. The Morgan fingerprint density at radius 2 is 1.79 bits per heavy atom. The molecule has 3 aromatic heterocycles. The number of amides is 2. The van der Waals surface area contributed by atoms with E-state index in [2.05, 4.69) is 20.3 Å². The number of rotatable bonds is 8. The van der Waals surface area contributed by atoms with E-state index in [1.807, 2.05) is 0 Å². The SMILES string of the molecule is NC(=O)c1cc(-c2cccnc2C(Cc2cc(F)cc(F)c2)NC(=O)Cc2c[nH]c3ccc(O)cc23)ccn1. The van der Waals surface area contributed by atoms with Gasteiger partial charge in [0.15, 0.2) is 0 Å².